The van der Waals surface area contributed by atoms with Gasteiger partial charge < -0.3 is 10.1 Å². The second-order valence-electron chi connectivity index (χ2n) is 4.24. The van der Waals surface area contributed by atoms with Crippen LogP contribution in [0.4, 0.5) is 0 Å². The van der Waals surface area contributed by atoms with Gasteiger partial charge in [-0.15, -0.1) is 11.8 Å². The van der Waals surface area contributed by atoms with E-state index in [-0.39, 0.29) is 0 Å². The van der Waals surface area contributed by atoms with Gasteiger partial charge in [-0.1, -0.05) is 26.3 Å². The lowest BCUT2D eigenvalue weighted by Gasteiger charge is -2.11. The smallest absolute Gasteiger partial charge is 0.120 e. The zero-order valence-corrected chi connectivity index (χ0v) is 11.8. The third-order valence-electron chi connectivity index (χ3n) is 2.78. The van der Waals surface area contributed by atoms with Crippen molar-refractivity contribution in [2.75, 3.05) is 26.0 Å². The molecule has 96 valence electrons. The molecule has 0 saturated carbocycles. The highest BCUT2D eigenvalue weighted by Gasteiger charge is 1.98. The molecule has 0 fully saturated rings. The number of ether oxygens (including phenoxy) is 1. The normalized spacial score (nSPS) is 12.4. The Kier molecular flexibility index (Phi) is 7.13. The molecule has 0 aliphatic rings. The molecule has 0 spiro atoms. The number of nitrogens with one attached hydrogen (secondary N) is 1. The zero-order valence-electron chi connectivity index (χ0n) is 11.0. The second-order valence-corrected chi connectivity index (χ2v) is 5.12. The van der Waals surface area contributed by atoms with Gasteiger partial charge >= 0.3 is 0 Å². The molecule has 1 N–H and O–H groups in total. The van der Waals surface area contributed by atoms with Gasteiger partial charge in [0.15, 0.2) is 0 Å². The number of thioether (sulfide) groups is 1. The van der Waals surface area contributed by atoms with Crippen molar-refractivity contribution in [3.05, 3.63) is 24.3 Å². The highest BCUT2D eigenvalue weighted by molar-refractivity contribution is 7.98. The predicted molar refractivity (Wildman–Crippen MR) is 76.0 cm³/mol. The number of benzene rings is 1. The predicted octanol–water partition coefficient (Wildman–Crippen LogP) is 3.42. The molecule has 17 heavy (non-hydrogen) atoms. The molecular weight excluding hydrogens is 230 g/mol. The zero-order chi connectivity index (χ0) is 12.5. The van der Waals surface area contributed by atoms with Crippen LogP contribution >= 0.6 is 11.8 Å². The van der Waals surface area contributed by atoms with Crippen LogP contribution < -0.4 is 10.1 Å². The minimum atomic E-state index is 0.730. The highest BCUT2D eigenvalue weighted by atomic mass is 32.2. The molecule has 0 amide bonds. The summed E-state index contributed by atoms with van der Waals surface area (Å²) in [5.74, 6) is 1.71. The summed E-state index contributed by atoms with van der Waals surface area (Å²) in [6, 6.07) is 8.22. The van der Waals surface area contributed by atoms with Gasteiger partial charge in [0.25, 0.3) is 0 Å². The Bertz CT molecular complexity index is 317. The van der Waals surface area contributed by atoms with Crippen molar-refractivity contribution in [3.63, 3.8) is 0 Å². The van der Waals surface area contributed by atoms with Gasteiger partial charge in [-0.25, -0.2) is 0 Å². The topological polar surface area (TPSA) is 21.3 Å². The van der Waals surface area contributed by atoms with Crippen LogP contribution in [0, 0.1) is 5.92 Å². The maximum absolute atomic E-state index is 5.69. The molecule has 0 saturated heterocycles. The first-order valence-corrected chi connectivity index (χ1v) is 7.46. The Labute approximate surface area is 109 Å². The number of hydrogen-bond acceptors (Lipinski definition) is 3. The third-order valence-corrected chi connectivity index (χ3v) is 3.50. The Morgan fingerprint density at radius 1 is 1.41 bits per heavy atom. The lowest BCUT2D eigenvalue weighted by Crippen LogP contribution is -2.25. The summed E-state index contributed by atoms with van der Waals surface area (Å²) in [6.07, 6.45) is 3.30. The van der Waals surface area contributed by atoms with Crippen molar-refractivity contribution in [3.8, 4) is 5.75 Å². The Hall–Kier alpha value is -0.670. The van der Waals surface area contributed by atoms with E-state index in [9.17, 15) is 0 Å². The summed E-state index contributed by atoms with van der Waals surface area (Å²) in [6.45, 7) is 7.19. The summed E-state index contributed by atoms with van der Waals surface area (Å²) in [5, 5.41) is 3.40. The van der Waals surface area contributed by atoms with Crippen LogP contribution in [-0.2, 0) is 0 Å². The summed E-state index contributed by atoms with van der Waals surface area (Å²) < 4.78 is 5.69. The summed E-state index contributed by atoms with van der Waals surface area (Å²) in [5.41, 5.74) is 0. The molecule has 0 aliphatic heterocycles. The van der Waals surface area contributed by atoms with Crippen LogP contribution in [0.25, 0.3) is 0 Å². The fourth-order valence-corrected chi connectivity index (χ4v) is 1.87. The third kappa shape index (κ3) is 5.99. The molecule has 3 heteroatoms. The van der Waals surface area contributed by atoms with Crippen molar-refractivity contribution in [2.24, 2.45) is 5.92 Å². The van der Waals surface area contributed by atoms with E-state index in [0.29, 0.717) is 0 Å². The van der Waals surface area contributed by atoms with E-state index in [0.717, 1.165) is 31.4 Å². The quantitative estimate of drug-likeness (QED) is 0.566. The largest absolute Gasteiger partial charge is 0.492 e. The highest BCUT2D eigenvalue weighted by Crippen LogP contribution is 2.20. The van der Waals surface area contributed by atoms with Gasteiger partial charge in [0.2, 0.25) is 0 Å². The fraction of sp³-hybridized carbons (Fsp3) is 0.571. The molecule has 1 aromatic rings. The lowest BCUT2D eigenvalue weighted by atomic mass is 10.1. The van der Waals surface area contributed by atoms with Crippen molar-refractivity contribution in [2.45, 2.75) is 25.2 Å². The van der Waals surface area contributed by atoms with Gasteiger partial charge in [0.05, 0.1) is 0 Å². The van der Waals surface area contributed by atoms with E-state index < -0.39 is 0 Å². The van der Waals surface area contributed by atoms with Crippen molar-refractivity contribution < 1.29 is 4.74 Å². The summed E-state index contributed by atoms with van der Waals surface area (Å²) in [7, 11) is 0. The molecule has 0 radical (unpaired) electrons. The molecule has 0 aromatic heterocycles. The van der Waals surface area contributed by atoms with Crippen LogP contribution in [-0.4, -0.2) is 26.0 Å². The molecule has 1 unspecified atom stereocenters. The summed E-state index contributed by atoms with van der Waals surface area (Å²) in [4.78, 5) is 1.25. The number of hydrogen-bond donors (Lipinski definition) is 1. The van der Waals surface area contributed by atoms with E-state index in [1.165, 1.54) is 11.3 Å². The average Bonchev–Trinajstić information content (AvgIpc) is 2.38. The van der Waals surface area contributed by atoms with Gasteiger partial charge in [0.1, 0.15) is 12.4 Å². The standard InChI is InChI=1S/C14H23NOS/c1-4-12(2)11-15-8-9-16-13-6-5-7-14(10-13)17-3/h5-7,10,12,15H,4,8-9,11H2,1-3H3. The SMILES string of the molecule is CCC(C)CNCCOc1cccc(SC)c1. The maximum atomic E-state index is 5.69. The Morgan fingerprint density at radius 2 is 2.24 bits per heavy atom. The minimum Gasteiger partial charge on any atom is -0.492 e. The van der Waals surface area contributed by atoms with Gasteiger partial charge in [0, 0.05) is 11.4 Å². The molecular formula is C14H23NOS. The first-order chi connectivity index (χ1) is 8.26. The van der Waals surface area contributed by atoms with Gasteiger partial charge in [-0.3, -0.25) is 0 Å². The maximum Gasteiger partial charge on any atom is 0.120 e. The van der Waals surface area contributed by atoms with Crippen LogP contribution in [0.2, 0.25) is 0 Å². The Balaban J connectivity index is 2.17. The molecule has 0 bridgehead atoms. The van der Waals surface area contributed by atoms with E-state index in [2.05, 4.69) is 37.6 Å². The van der Waals surface area contributed by atoms with Gasteiger partial charge in [-0.05, 0) is 36.9 Å². The molecule has 0 heterocycles. The fourth-order valence-electron chi connectivity index (χ4n) is 1.42. The van der Waals surface area contributed by atoms with E-state index >= 15 is 0 Å². The van der Waals surface area contributed by atoms with Crippen LogP contribution in [0.15, 0.2) is 29.2 Å². The van der Waals surface area contributed by atoms with Crippen LogP contribution in [0.5, 0.6) is 5.75 Å². The first kappa shape index (κ1) is 14.4. The molecule has 2 nitrogen and oxygen atoms in total. The first-order valence-electron chi connectivity index (χ1n) is 6.23. The minimum absolute atomic E-state index is 0.730. The molecule has 1 aromatic carbocycles. The van der Waals surface area contributed by atoms with E-state index in [1.54, 1.807) is 11.8 Å². The van der Waals surface area contributed by atoms with Crippen molar-refractivity contribution >= 4 is 11.8 Å². The van der Waals surface area contributed by atoms with Crippen molar-refractivity contribution in [1.29, 1.82) is 0 Å². The van der Waals surface area contributed by atoms with E-state index in [4.69, 9.17) is 4.74 Å². The Morgan fingerprint density at radius 3 is 2.94 bits per heavy atom. The van der Waals surface area contributed by atoms with E-state index in [1.807, 2.05) is 12.1 Å². The van der Waals surface area contributed by atoms with Crippen LogP contribution in [0.3, 0.4) is 0 Å². The lowest BCUT2D eigenvalue weighted by molar-refractivity contribution is 0.309. The average molecular weight is 253 g/mol. The van der Waals surface area contributed by atoms with Crippen LogP contribution in [0.1, 0.15) is 20.3 Å². The summed E-state index contributed by atoms with van der Waals surface area (Å²) >= 11 is 1.74. The number of rotatable bonds is 8. The molecule has 1 rings (SSSR count). The monoisotopic (exact) mass is 253 g/mol. The second kappa shape index (κ2) is 8.43. The molecule has 1 atom stereocenters. The molecule has 0 aliphatic carbocycles. The van der Waals surface area contributed by atoms with Crippen molar-refractivity contribution in [1.82, 2.24) is 5.32 Å². The van der Waals surface area contributed by atoms with Gasteiger partial charge in [-0.2, -0.15) is 0 Å².